The molecule has 5 rings (SSSR count). The number of benzene rings is 2. The largest absolute Gasteiger partial charge is 0.487 e. The van der Waals surface area contributed by atoms with Crippen molar-refractivity contribution in [2.75, 3.05) is 26.0 Å². The van der Waals surface area contributed by atoms with Gasteiger partial charge in [-0.25, -0.2) is 9.97 Å². The average Bonchev–Trinajstić information content (AvgIpc) is 3.70. The van der Waals surface area contributed by atoms with Crippen LogP contribution in [0.25, 0.3) is 10.9 Å². The number of nitro benzene ring substituents is 1. The smallest absolute Gasteiger partial charge is 0.311 e. The van der Waals surface area contributed by atoms with Gasteiger partial charge in [-0.3, -0.25) is 15.1 Å². The van der Waals surface area contributed by atoms with Gasteiger partial charge in [-0.15, -0.1) is 0 Å². The third kappa shape index (κ3) is 5.61. The number of rotatable bonds is 11. The minimum atomic E-state index is -0.449. The molecule has 0 bridgehead atoms. The first kappa shape index (κ1) is 25.6. The molecule has 0 spiro atoms. The van der Waals surface area contributed by atoms with Gasteiger partial charge in [0.25, 0.3) is 0 Å². The van der Waals surface area contributed by atoms with Gasteiger partial charge in [0.1, 0.15) is 24.5 Å². The molecule has 1 fully saturated rings. The van der Waals surface area contributed by atoms with Crippen LogP contribution in [0.1, 0.15) is 25.0 Å². The van der Waals surface area contributed by atoms with Crippen molar-refractivity contribution in [3.05, 3.63) is 81.9 Å². The predicted molar refractivity (Wildman–Crippen MR) is 145 cm³/mol. The number of anilines is 2. The number of aromatic nitrogens is 3. The number of nitro groups is 1. The van der Waals surface area contributed by atoms with Gasteiger partial charge >= 0.3 is 5.69 Å². The minimum absolute atomic E-state index is 0.130. The van der Waals surface area contributed by atoms with Gasteiger partial charge in [0.15, 0.2) is 5.75 Å². The molecule has 10 nitrogen and oxygen atoms in total. The lowest BCUT2D eigenvalue weighted by Gasteiger charge is -2.23. The molecule has 0 radical (unpaired) electrons. The SMILES string of the molecule is CN(C)C1(CCOc2cc3ncnc(Nc4ccc(OCc5ccccn5)c(Cl)c4)c3cc2[N+](=O)[O-])CC1. The standard InChI is InChI=1S/C27H27ClN6O4/c1-33(2)27(8-9-27)10-12-37-25-15-22-20(14-23(25)34(35)36)26(31-17-30-22)32-18-6-7-24(21(28)13-18)38-16-19-5-3-4-11-29-19/h3-7,11,13-15,17H,8-10,12,16H2,1-2H3,(H,30,31,32). The van der Waals surface area contributed by atoms with Crippen molar-refractivity contribution in [2.24, 2.45) is 0 Å². The molecule has 1 N–H and O–H groups in total. The highest BCUT2D eigenvalue weighted by Crippen LogP contribution is 2.43. The van der Waals surface area contributed by atoms with Crippen LogP contribution in [0.4, 0.5) is 17.2 Å². The van der Waals surface area contributed by atoms with Gasteiger partial charge in [-0.2, -0.15) is 0 Å². The number of ether oxygens (including phenoxy) is 2. The van der Waals surface area contributed by atoms with Crippen molar-refractivity contribution in [2.45, 2.75) is 31.4 Å². The zero-order valence-corrected chi connectivity index (χ0v) is 21.8. The summed E-state index contributed by atoms with van der Waals surface area (Å²) in [6, 6.07) is 13.9. The van der Waals surface area contributed by atoms with Crippen molar-refractivity contribution >= 4 is 39.7 Å². The van der Waals surface area contributed by atoms with Gasteiger partial charge in [-0.05, 0) is 63.7 Å². The monoisotopic (exact) mass is 534 g/mol. The second kappa shape index (κ2) is 10.8. The summed E-state index contributed by atoms with van der Waals surface area (Å²) in [5, 5.41) is 16.0. The molecule has 1 aliphatic carbocycles. The normalized spacial score (nSPS) is 13.9. The fourth-order valence-electron chi connectivity index (χ4n) is 4.31. The Morgan fingerprint density at radius 1 is 1.08 bits per heavy atom. The summed E-state index contributed by atoms with van der Waals surface area (Å²) in [4.78, 5) is 26.5. The molecule has 2 aromatic carbocycles. The van der Waals surface area contributed by atoms with E-state index in [2.05, 4.69) is 25.2 Å². The molecule has 0 amide bonds. The second-order valence-corrected chi connectivity index (χ2v) is 9.82. The Kier molecular flexibility index (Phi) is 7.26. The summed E-state index contributed by atoms with van der Waals surface area (Å²) in [5.41, 5.74) is 1.94. The van der Waals surface area contributed by atoms with Crippen molar-refractivity contribution in [3.63, 3.8) is 0 Å². The van der Waals surface area contributed by atoms with Gasteiger partial charge in [0, 0.05) is 29.6 Å². The van der Waals surface area contributed by atoms with Crippen LogP contribution < -0.4 is 14.8 Å². The van der Waals surface area contributed by atoms with Crippen molar-refractivity contribution in [1.29, 1.82) is 0 Å². The van der Waals surface area contributed by atoms with E-state index in [1.165, 1.54) is 12.4 Å². The van der Waals surface area contributed by atoms with E-state index in [1.54, 1.807) is 30.5 Å². The fraction of sp³-hybridized carbons (Fsp3) is 0.296. The Bertz CT molecular complexity index is 1460. The number of hydrogen-bond acceptors (Lipinski definition) is 9. The first-order valence-electron chi connectivity index (χ1n) is 12.2. The van der Waals surface area contributed by atoms with Gasteiger partial charge in [-0.1, -0.05) is 17.7 Å². The number of halogens is 1. The maximum atomic E-state index is 11.9. The molecule has 2 aromatic heterocycles. The van der Waals surface area contributed by atoms with E-state index in [9.17, 15) is 10.1 Å². The van der Waals surface area contributed by atoms with Crippen LogP contribution in [0, 0.1) is 10.1 Å². The van der Waals surface area contributed by atoms with Crippen molar-refractivity contribution < 1.29 is 14.4 Å². The molecular formula is C27H27ClN6O4. The van der Waals surface area contributed by atoms with Crippen LogP contribution in [0.5, 0.6) is 11.5 Å². The maximum absolute atomic E-state index is 11.9. The van der Waals surface area contributed by atoms with E-state index >= 15 is 0 Å². The Morgan fingerprint density at radius 3 is 2.61 bits per heavy atom. The Balaban J connectivity index is 1.34. The predicted octanol–water partition coefficient (Wildman–Crippen LogP) is 5.77. The summed E-state index contributed by atoms with van der Waals surface area (Å²) < 4.78 is 11.7. The molecule has 1 aliphatic rings. The van der Waals surface area contributed by atoms with E-state index < -0.39 is 4.92 Å². The molecule has 11 heteroatoms. The lowest BCUT2D eigenvalue weighted by Crippen LogP contribution is -2.31. The summed E-state index contributed by atoms with van der Waals surface area (Å²) in [7, 11) is 4.10. The zero-order chi connectivity index (χ0) is 26.7. The quantitative estimate of drug-likeness (QED) is 0.189. The van der Waals surface area contributed by atoms with Gasteiger partial charge in [0.05, 0.1) is 33.1 Å². The Hall–Kier alpha value is -4.02. The summed E-state index contributed by atoms with van der Waals surface area (Å²) in [6.07, 6.45) is 6.11. The minimum Gasteiger partial charge on any atom is -0.487 e. The molecule has 0 aliphatic heterocycles. The molecule has 0 atom stereocenters. The molecule has 196 valence electrons. The van der Waals surface area contributed by atoms with Gasteiger partial charge in [0.2, 0.25) is 0 Å². The lowest BCUT2D eigenvalue weighted by molar-refractivity contribution is -0.385. The molecule has 1 saturated carbocycles. The van der Waals surface area contributed by atoms with Crippen LogP contribution in [0.3, 0.4) is 0 Å². The molecule has 0 unspecified atom stereocenters. The van der Waals surface area contributed by atoms with Crippen LogP contribution in [-0.4, -0.2) is 51.0 Å². The molecule has 2 heterocycles. The Morgan fingerprint density at radius 2 is 1.92 bits per heavy atom. The van der Waals surface area contributed by atoms with Crippen LogP contribution in [0.2, 0.25) is 5.02 Å². The first-order chi connectivity index (χ1) is 18.3. The number of fused-ring (bicyclic) bond motifs is 1. The van der Waals surface area contributed by atoms with Crippen LogP contribution >= 0.6 is 11.6 Å². The highest BCUT2D eigenvalue weighted by molar-refractivity contribution is 6.32. The highest BCUT2D eigenvalue weighted by Gasteiger charge is 2.44. The third-order valence-corrected chi connectivity index (χ3v) is 7.11. The molecule has 0 saturated heterocycles. The lowest BCUT2D eigenvalue weighted by atomic mass is 10.1. The molecule has 4 aromatic rings. The van der Waals surface area contributed by atoms with Crippen LogP contribution in [0.15, 0.2) is 61.1 Å². The number of nitrogens with zero attached hydrogens (tertiary/aromatic N) is 5. The highest BCUT2D eigenvalue weighted by atomic mass is 35.5. The first-order valence-corrected chi connectivity index (χ1v) is 12.6. The van der Waals surface area contributed by atoms with Crippen molar-refractivity contribution in [1.82, 2.24) is 19.9 Å². The number of nitrogens with one attached hydrogen (secondary N) is 1. The average molecular weight is 535 g/mol. The third-order valence-electron chi connectivity index (χ3n) is 6.81. The van der Waals surface area contributed by atoms with Gasteiger partial charge < -0.3 is 19.7 Å². The summed E-state index contributed by atoms with van der Waals surface area (Å²) >= 11 is 6.45. The van der Waals surface area contributed by atoms with E-state index in [1.807, 2.05) is 32.3 Å². The molecule has 38 heavy (non-hydrogen) atoms. The Labute approximate surface area is 224 Å². The van der Waals surface area contributed by atoms with E-state index in [0.29, 0.717) is 39.8 Å². The fourth-order valence-corrected chi connectivity index (χ4v) is 4.55. The maximum Gasteiger partial charge on any atom is 0.311 e. The van der Waals surface area contributed by atoms with E-state index in [0.717, 1.165) is 25.0 Å². The second-order valence-electron chi connectivity index (χ2n) is 9.41. The number of hydrogen-bond donors (Lipinski definition) is 1. The van der Waals surface area contributed by atoms with E-state index in [-0.39, 0.29) is 23.6 Å². The van der Waals surface area contributed by atoms with E-state index in [4.69, 9.17) is 21.1 Å². The zero-order valence-electron chi connectivity index (χ0n) is 21.1. The molecular weight excluding hydrogens is 508 g/mol. The topological polar surface area (TPSA) is 116 Å². The van der Waals surface area contributed by atoms with Crippen LogP contribution in [-0.2, 0) is 6.61 Å². The van der Waals surface area contributed by atoms with Crippen molar-refractivity contribution in [3.8, 4) is 11.5 Å². The summed E-state index contributed by atoms with van der Waals surface area (Å²) in [5.74, 6) is 1.11. The summed E-state index contributed by atoms with van der Waals surface area (Å²) in [6.45, 7) is 0.669. The number of pyridine rings is 1.